The summed E-state index contributed by atoms with van der Waals surface area (Å²) in [6.45, 7) is 7.55. The van der Waals surface area contributed by atoms with Crippen LogP contribution in [0.4, 0.5) is 0 Å². The highest BCUT2D eigenvalue weighted by molar-refractivity contribution is 5.81. The minimum absolute atomic E-state index is 0.0370. The minimum atomic E-state index is 0.0370. The van der Waals surface area contributed by atoms with Crippen LogP contribution in [0.3, 0.4) is 0 Å². The molecule has 0 aromatic heterocycles. The van der Waals surface area contributed by atoms with Crippen molar-refractivity contribution in [1.29, 1.82) is 0 Å². The van der Waals surface area contributed by atoms with Crippen molar-refractivity contribution in [2.75, 3.05) is 33.7 Å². The van der Waals surface area contributed by atoms with E-state index in [1.165, 1.54) is 25.7 Å². The van der Waals surface area contributed by atoms with Gasteiger partial charge in [0.25, 0.3) is 0 Å². The molecule has 1 heterocycles. The van der Waals surface area contributed by atoms with Crippen LogP contribution in [0.15, 0.2) is 0 Å². The van der Waals surface area contributed by atoms with E-state index in [1.807, 2.05) is 14.1 Å². The summed E-state index contributed by atoms with van der Waals surface area (Å²) in [6, 6.07) is 0.638. The molecule has 1 saturated heterocycles. The van der Waals surface area contributed by atoms with Crippen LogP contribution >= 0.6 is 0 Å². The Hall–Kier alpha value is -0.610. The first-order valence-electron chi connectivity index (χ1n) is 7.58. The number of carbonyl (C=O) groups is 1. The van der Waals surface area contributed by atoms with Gasteiger partial charge in [-0.2, -0.15) is 0 Å². The molecule has 0 aromatic carbocycles. The summed E-state index contributed by atoms with van der Waals surface area (Å²) >= 11 is 0. The van der Waals surface area contributed by atoms with Crippen LogP contribution in [0.25, 0.3) is 0 Å². The lowest BCUT2D eigenvalue weighted by Gasteiger charge is -2.45. The monoisotopic (exact) mass is 267 g/mol. The molecule has 1 aliphatic heterocycles. The Balaban J connectivity index is 2.02. The van der Waals surface area contributed by atoms with Crippen LogP contribution in [0, 0.1) is 5.41 Å². The third-order valence-corrected chi connectivity index (χ3v) is 4.79. The Bertz CT molecular complexity index is 317. The first kappa shape index (κ1) is 14.8. The third-order valence-electron chi connectivity index (χ3n) is 4.79. The van der Waals surface area contributed by atoms with Gasteiger partial charge in [0.2, 0.25) is 5.91 Å². The Morgan fingerprint density at radius 3 is 2.47 bits per heavy atom. The highest BCUT2D eigenvalue weighted by Gasteiger charge is 2.37. The summed E-state index contributed by atoms with van der Waals surface area (Å²) in [7, 11) is 3.72. The Morgan fingerprint density at radius 1 is 1.26 bits per heavy atom. The number of nitrogens with one attached hydrogen (secondary N) is 1. The summed E-state index contributed by atoms with van der Waals surface area (Å²) in [6.07, 6.45) is 5.04. The van der Waals surface area contributed by atoms with Gasteiger partial charge in [-0.1, -0.05) is 13.8 Å². The van der Waals surface area contributed by atoms with E-state index < -0.39 is 0 Å². The molecule has 110 valence electrons. The van der Waals surface area contributed by atoms with Crippen LogP contribution in [0.5, 0.6) is 0 Å². The van der Waals surface area contributed by atoms with Gasteiger partial charge < -0.3 is 10.2 Å². The SMILES string of the molecule is CN(C)C(=O)C1CNCCN1C1CCC(C)(C)CC1. The molecule has 1 N–H and O–H groups in total. The summed E-state index contributed by atoms with van der Waals surface area (Å²) in [4.78, 5) is 16.5. The van der Waals surface area contributed by atoms with Gasteiger partial charge in [-0.25, -0.2) is 0 Å². The zero-order chi connectivity index (χ0) is 14.0. The number of likely N-dealkylation sites (N-methyl/N-ethyl adjacent to an activating group) is 1. The second-order valence-electron chi connectivity index (χ2n) is 7.09. The van der Waals surface area contributed by atoms with Crippen LogP contribution in [-0.2, 0) is 4.79 Å². The maximum atomic E-state index is 12.3. The fraction of sp³-hybridized carbons (Fsp3) is 0.933. The predicted molar refractivity (Wildman–Crippen MR) is 78.1 cm³/mol. The molecule has 2 fully saturated rings. The van der Waals surface area contributed by atoms with Crippen LogP contribution in [-0.4, -0.2) is 61.5 Å². The van der Waals surface area contributed by atoms with Gasteiger partial charge >= 0.3 is 0 Å². The molecule has 1 amide bonds. The highest BCUT2D eigenvalue weighted by Crippen LogP contribution is 2.37. The summed E-state index contributed by atoms with van der Waals surface area (Å²) in [5.41, 5.74) is 0.492. The van der Waals surface area contributed by atoms with Crippen LogP contribution in [0.1, 0.15) is 39.5 Å². The number of carbonyl (C=O) groups excluding carboxylic acids is 1. The van der Waals surface area contributed by atoms with Gasteiger partial charge in [0.15, 0.2) is 0 Å². The van der Waals surface area contributed by atoms with Crippen molar-refractivity contribution in [3.8, 4) is 0 Å². The van der Waals surface area contributed by atoms with E-state index in [0.29, 0.717) is 11.5 Å². The van der Waals surface area contributed by atoms with Gasteiger partial charge in [0, 0.05) is 39.8 Å². The number of amides is 1. The first-order valence-corrected chi connectivity index (χ1v) is 7.58. The van der Waals surface area contributed by atoms with Crippen molar-refractivity contribution < 1.29 is 4.79 Å². The molecule has 2 aliphatic rings. The third kappa shape index (κ3) is 3.48. The van der Waals surface area contributed by atoms with Gasteiger partial charge in [-0.15, -0.1) is 0 Å². The normalized spacial score (nSPS) is 29.2. The maximum absolute atomic E-state index is 12.3. The lowest BCUT2D eigenvalue weighted by Crippen LogP contribution is -2.61. The number of hydrogen-bond donors (Lipinski definition) is 1. The molecule has 1 atom stereocenters. The summed E-state index contributed by atoms with van der Waals surface area (Å²) < 4.78 is 0. The van der Waals surface area contributed by atoms with Crippen molar-refractivity contribution in [3.05, 3.63) is 0 Å². The first-order chi connectivity index (χ1) is 8.91. The van der Waals surface area contributed by atoms with Crippen LogP contribution in [0.2, 0.25) is 0 Å². The molecule has 0 radical (unpaired) electrons. The zero-order valence-corrected chi connectivity index (χ0v) is 12.9. The molecule has 4 nitrogen and oxygen atoms in total. The van der Waals surface area contributed by atoms with E-state index in [1.54, 1.807) is 4.90 Å². The lowest BCUT2D eigenvalue weighted by atomic mass is 9.75. The lowest BCUT2D eigenvalue weighted by molar-refractivity contribution is -0.136. The number of piperazine rings is 1. The molecular formula is C15H29N3O. The number of nitrogens with zero attached hydrogens (tertiary/aromatic N) is 2. The molecule has 1 unspecified atom stereocenters. The van der Waals surface area contributed by atoms with E-state index in [9.17, 15) is 4.79 Å². The van der Waals surface area contributed by atoms with Gasteiger partial charge in [-0.05, 0) is 31.1 Å². The van der Waals surface area contributed by atoms with Gasteiger partial charge in [0.1, 0.15) is 6.04 Å². The van der Waals surface area contributed by atoms with Crippen molar-refractivity contribution in [2.24, 2.45) is 5.41 Å². The van der Waals surface area contributed by atoms with Crippen molar-refractivity contribution >= 4 is 5.91 Å². The Labute approximate surface area is 117 Å². The molecule has 1 aliphatic carbocycles. The molecule has 0 bridgehead atoms. The largest absolute Gasteiger partial charge is 0.347 e. The van der Waals surface area contributed by atoms with E-state index >= 15 is 0 Å². The molecule has 1 saturated carbocycles. The average molecular weight is 267 g/mol. The Kier molecular flexibility index (Phi) is 4.51. The molecule has 0 aromatic rings. The molecular weight excluding hydrogens is 238 g/mol. The second-order valence-corrected chi connectivity index (χ2v) is 7.09. The quantitative estimate of drug-likeness (QED) is 0.819. The van der Waals surface area contributed by atoms with Gasteiger partial charge in [-0.3, -0.25) is 9.69 Å². The number of rotatable bonds is 2. The predicted octanol–water partition coefficient (Wildman–Crippen LogP) is 1.32. The minimum Gasteiger partial charge on any atom is -0.347 e. The van der Waals surface area contributed by atoms with Crippen molar-refractivity contribution in [3.63, 3.8) is 0 Å². The van der Waals surface area contributed by atoms with E-state index in [0.717, 1.165) is 19.6 Å². The topological polar surface area (TPSA) is 35.6 Å². The maximum Gasteiger partial charge on any atom is 0.240 e. The number of hydrogen-bond acceptors (Lipinski definition) is 3. The zero-order valence-electron chi connectivity index (χ0n) is 12.9. The fourth-order valence-corrected chi connectivity index (χ4v) is 3.40. The average Bonchev–Trinajstić information content (AvgIpc) is 2.38. The highest BCUT2D eigenvalue weighted by atomic mass is 16.2. The van der Waals surface area contributed by atoms with Gasteiger partial charge in [0.05, 0.1) is 0 Å². The summed E-state index contributed by atoms with van der Waals surface area (Å²) in [5.74, 6) is 0.247. The standard InChI is InChI=1S/C15H29N3O/c1-15(2)7-5-12(6-8-15)18-10-9-16-11-13(18)14(19)17(3)4/h12-13,16H,5-11H2,1-4H3. The Morgan fingerprint density at radius 2 is 1.89 bits per heavy atom. The fourth-order valence-electron chi connectivity index (χ4n) is 3.40. The second kappa shape index (κ2) is 5.80. The molecule has 2 rings (SSSR count). The van der Waals surface area contributed by atoms with E-state index in [4.69, 9.17) is 0 Å². The van der Waals surface area contributed by atoms with E-state index in [-0.39, 0.29) is 11.9 Å². The van der Waals surface area contributed by atoms with Crippen molar-refractivity contribution in [1.82, 2.24) is 15.1 Å². The smallest absolute Gasteiger partial charge is 0.240 e. The van der Waals surface area contributed by atoms with E-state index in [2.05, 4.69) is 24.1 Å². The molecule has 19 heavy (non-hydrogen) atoms. The molecule has 4 heteroatoms. The molecule has 0 spiro atoms. The van der Waals surface area contributed by atoms with Crippen LogP contribution < -0.4 is 5.32 Å². The summed E-state index contributed by atoms with van der Waals surface area (Å²) in [5, 5.41) is 3.37. The van der Waals surface area contributed by atoms with Crippen molar-refractivity contribution in [2.45, 2.75) is 51.6 Å².